The molecule has 0 N–H and O–H groups in total. The van der Waals surface area contributed by atoms with Gasteiger partial charge in [-0.15, -0.1) is 0 Å². The Kier molecular flexibility index (Phi) is 8.26. The highest BCUT2D eigenvalue weighted by atomic mass is 16.1. The van der Waals surface area contributed by atoms with Crippen molar-refractivity contribution >= 4 is 35.3 Å². The number of benzene rings is 2. The van der Waals surface area contributed by atoms with Crippen molar-refractivity contribution in [1.82, 2.24) is 0 Å². The van der Waals surface area contributed by atoms with Gasteiger partial charge < -0.3 is 0 Å². The molecule has 0 aromatic heterocycles. The van der Waals surface area contributed by atoms with Crippen LogP contribution in [0, 0.1) is 11.8 Å². The predicted octanol–water partition coefficient (Wildman–Crippen LogP) is 7.61. The first-order valence-corrected chi connectivity index (χ1v) is 14.2. The van der Waals surface area contributed by atoms with Crippen LogP contribution in [0.4, 0.5) is 0 Å². The van der Waals surface area contributed by atoms with Gasteiger partial charge in [-0.3, -0.25) is 19.2 Å². The number of rotatable bonds is 6. The molecule has 0 spiro atoms. The zero-order chi connectivity index (χ0) is 26.5. The van der Waals surface area contributed by atoms with E-state index < -0.39 is 0 Å². The summed E-state index contributed by atoms with van der Waals surface area (Å²) in [6.45, 7) is 0. The van der Waals surface area contributed by atoms with Gasteiger partial charge in [-0.25, -0.2) is 0 Å². The molecular formula is C34H36O4. The smallest absolute Gasteiger partial charge is 0.163 e. The summed E-state index contributed by atoms with van der Waals surface area (Å²) in [4.78, 5) is 46.2. The highest BCUT2D eigenvalue weighted by molar-refractivity contribution is 6.24. The lowest BCUT2D eigenvalue weighted by Crippen LogP contribution is -2.01. The largest absolute Gasteiger partial charge is 0.298 e. The lowest BCUT2D eigenvalue weighted by Gasteiger charge is -2.13. The summed E-state index contributed by atoms with van der Waals surface area (Å²) in [5.74, 6) is 1.71. The number of ketones is 2. The van der Waals surface area contributed by atoms with Crippen LogP contribution in [0.1, 0.15) is 109 Å². The summed E-state index contributed by atoms with van der Waals surface area (Å²) in [6.07, 6.45) is 14.8. The minimum Gasteiger partial charge on any atom is -0.298 e. The van der Waals surface area contributed by atoms with Gasteiger partial charge in [-0.1, -0.05) is 73.2 Å². The molecular weight excluding hydrogens is 472 g/mol. The van der Waals surface area contributed by atoms with Crippen molar-refractivity contribution < 1.29 is 19.2 Å². The maximum absolute atomic E-state index is 12.2. The van der Waals surface area contributed by atoms with Gasteiger partial charge in [0.2, 0.25) is 0 Å². The molecule has 2 aromatic carbocycles. The monoisotopic (exact) mass is 508 g/mol. The Bertz CT molecular complexity index is 1200. The third-order valence-electron chi connectivity index (χ3n) is 8.76. The molecule has 196 valence electrons. The number of allylic oxidation sites excluding steroid dienone is 4. The van der Waals surface area contributed by atoms with Gasteiger partial charge in [0.25, 0.3) is 0 Å². The van der Waals surface area contributed by atoms with E-state index in [0.717, 1.165) is 47.7 Å². The number of hydrogen-bond donors (Lipinski definition) is 0. The van der Waals surface area contributed by atoms with Gasteiger partial charge in [-0.05, 0) is 73.6 Å². The Morgan fingerprint density at radius 1 is 0.553 bits per heavy atom. The van der Waals surface area contributed by atoms with Crippen molar-refractivity contribution in [2.75, 3.05) is 0 Å². The van der Waals surface area contributed by atoms with Crippen LogP contribution in [0.25, 0.3) is 11.1 Å². The Morgan fingerprint density at radius 3 is 1.32 bits per heavy atom. The third kappa shape index (κ3) is 5.55. The minimum atomic E-state index is 0.255. The highest BCUT2D eigenvalue weighted by Gasteiger charge is 2.32. The van der Waals surface area contributed by atoms with E-state index in [2.05, 4.69) is 0 Å². The first-order valence-electron chi connectivity index (χ1n) is 14.2. The molecule has 0 bridgehead atoms. The van der Waals surface area contributed by atoms with Crippen LogP contribution in [0.15, 0.2) is 59.7 Å². The zero-order valence-corrected chi connectivity index (χ0v) is 22.0. The first kappa shape index (κ1) is 26.2. The summed E-state index contributed by atoms with van der Waals surface area (Å²) in [7, 11) is 0. The maximum atomic E-state index is 12.2. The molecule has 0 aliphatic heterocycles. The van der Waals surface area contributed by atoms with Gasteiger partial charge in [0.15, 0.2) is 11.6 Å². The second-order valence-corrected chi connectivity index (χ2v) is 11.1. The molecule has 2 fully saturated rings. The predicted molar refractivity (Wildman–Crippen MR) is 150 cm³/mol. The zero-order valence-electron chi connectivity index (χ0n) is 22.0. The standard InChI is InChI=1S/2C17H18O2/c2*18-11-12-4-3-7-14(10-12)17-15(8-9-16(17)19)13-5-1-2-6-13/h2*3-4,7,10-11,13H,1-2,5-6,8-9H2. The molecule has 4 nitrogen and oxygen atoms in total. The fourth-order valence-corrected chi connectivity index (χ4v) is 6.95. The average molecular weight is 509 g/mol. The van der Waals surface area contributed by atoms with Crippen LogP contribution in [-0.4, -0.2) is 24.1 Å². The summed E-state index contributed by atoms with van der Waals surface area (Å²) in [5.41, 5.74) is 7.70. The van der Waals surface area contributed by atoms with Crippen LogP contribution in [0.2, 0.25) is 0 Å². The lowest BCUT2D eigenvalue weighted by molar-refractivity contribution is -0.114. The first-order chi connectivity index (χ1) is 18.6. The molecule has 0 amide bonds. The van der Waals surface area contributed by atoms with E-state index >= 15 is 0 Å². The molecule has 0 unspecified atom stereocenters. The van der Waals surface area contributed by atoms with Crippen molar-refractivity contribution in [1.29, 1.82) is 0 Å². The number of aldehydes is 2. The average Bonchev–Trinajstić information content (AvgIpc) is 3.76. The molecule has 0 atom stereocenters. The van der Waals surface area contributed by atoms with E-state index in [1.165, 1.54) is 62.5 Å². The molecule has 38 heavy (non-hydrogen) atoms. The molecule has 0 radical (unpaired) electrons. The topological polar surface area (TPSA) is 68.3 Å². The molecule has 2 saturated carbocycles. The van der Waals surface area contributed by atoms with Crippen LogP contribution >= 0.6 is 0 Å². The van der Waals surface area contributed by atoms with Crippen LogP contribution in [0.3, 0.4) is 0 Å². The number of carbonyl (C=O) groups excluding carboxylic acids is 4. The van der Waals surface area contributed by atoms with Crippen molar-refractivity contribution in [2.24, 2.45) is 11.8 Å². The second-order valence-electron chi connectivity index (χ2n) is 11.1. The van der Waals surface area contributed by atoms with E-state index in [-0.39, 0.29) is 11.6 Å². The lowest BCUT2D eigenvalue weighted by atomic mass is 9.91. The van der Waals surface area contributed by atoms with E-state index in [0.29, 0.717) is 35.8 Å². The second kappa shape index (κ2) is 12.0. The quantitative estimate of drug-likeness (QED) is 0.377. The Hall–Kier alpha value is -3.40. The van der Waals surface area contributed by atoms with Crippen molar-refractivity contribution in [3.05, 3.63) is 81.9 Å². The Labute approximate surface area is 225 Å². The summed E-state index contributed by atoms with van der Waals surface area (Å²) in [5, 5.41) is 0. The fraction of sp³-hybridized carbons (Fsp3) is 0.412. The summed E-state index contributed by atoms with van der Waals surface area (Å²) in [6, 6.07) is 14.9. The van der Waals surface area contributed by atoms with Gasteiger partial charge in [0.1, 0.15) is 12.6 Å². The van der Waals surface area contributed by atoms with Crippen LogP contribution < -0.4 is 0 Å². The summed E-state index contributed by atoms with van der Waals surface area (Å²) < 4.78 is 0. The van der Waals surface area contributed by atoms with Gasteiger partial charge >= 0.3 is 0 Å². The fourth-order valence-electron chi connectivity index (χ4n) is 6.95. The SMILES string of the molecule is O=Cc1cccc(C2=C(C3CCCC3)CCC2=O)c1.O=Cc1cccc(C2=C(C3CCCC3)CCC2=O)c1. The third-order valence-corrected chi connectivity index (χ3v) is 8.76. The van der Waals surface area contributed by atoms with E-state index in [4.69, 9.17) is 0 Å². The molecule has 2 aromatic rings. The molecule has 0 heterocycles. The van der Waals surface area contributed by atoms with Crippen LogP contribution in [0.5, 0.6) is 0 Å². The van der Waals surface area contributed by atoms with Crippen molar-refractivity contribution in [2.45, 2.75) is 77.0 Å². The molecule has 4 aliphatic carbocycles. The van der Waals surface area contributed by atoms with Gasteiger partial charge in [0, 0.05) is 35.1 Å². The van der Waals surface area contributed by atoms with Crippen LogP contribution in [-0.2, 0) is 9.59 Å². The Morgan fingerprint density at radius 2 is 0.947 bits per heavy atom. The number of Topliss-reactive ketones (excluding diaryl/α,β-unsaturated/α-hetero) is 2. The highest BCUT2D eigenvalue weighted by Crippen LogP contribution is 2.43. The molecule has 0 saturated heterocycles. The molecule has 6 rings (SSSR count). The minimum absolute atomic E-state index is 0.255. The van der Waals surface area contributed by atoms with Gasteiger partial charge in [0.05, 0.1) is 0 Å². The van der Waals surface area contributed by atoms with E-state index in [9.17, 15) is 19.2 Å². The molecule has 4 aliphatic rings. The Balaban J connectivity index is 0.000000155. The van der Waals surface area contributed by atoms with Crippen molar-refractivity contribution in [3.8, 4) is 0 Å². The van der Waals surface area contributed by atoms with E-state index in [1.54, 1.807) is 12.1 Å². The number of carbonyl (C=O) groups is 4. The van der Waals surface area contributed by atoms with Gasteiger partial charge in [-0.2, -0.15) is 0 Å². The normalized spacial score (nSPS) is 20.3. The van der Waals surface area contributed by atoms with Crippen molar-refractivity contribution in [3.63, 3.8) is 0 Å². The summed E-state index contributed by atoms with van der Waals surface area (Å²) >= 11 is 0. The molecule has 4 heteroatoms. The number of hydrogen-bond acceptors (Lipinski definition) is 4. The maximum Gasteiger partial charge on any atom is 0.163 e. The van der Waals surface area contributed by atoms with E-state index in [1.807, 2.05) is 36.4 Å².